The fourth-order valence-electron chi connectivity index (χ4n) is 3.60. The molecule has 3 aromatic rings. The highest BCUT2D eigenvalue weighted by molar-refractivity contribution is 6.04. The van der Waals surface area contributed by atoms with Crippen LogP contribution in [0.4, 0.5) is 20.3 Å². The minimum atomic E-state index is -0.932. The Morgan fingerprint density at radius 1 is 1.00 bits per heavy atom. The van der Waals surface area contributed by atoms with Gasteiger partial charge < -0.3 is 19.9 Å². The number of methoxy groups -OCH3 is 1. The standard InChI is InChI=1S/C24H22F2N4O3/c1-33-19-4-2-3-16(13-19)24(32)30-11-9-29(10-12-30)22-8-6-18(15-27-22)28-23(31)20-7-5-17(25)14-21(20)26/h2-8,13-15H,9-12H2,1H3,(H,28,31). The highest BCUT2D eigenvalue weighted by Crippen LogP contribution is 2.20. The molecule has 1 fully saturated rings. The van der Waals surface area contributed by atoms with Gasteiger partial charge >= 0.3 is 0 Å². The zero-order chi connectivity index (χ0) is 23.4. The van der Waals surface area contributed by atoms with Crippen LogP contribution in [0.2, 0.25) is 0 Å². The summed E-state index contributed by atoms with van der Waals surface area (Å²) in [5.41, 5.74) is 0.718. The van der Waals surface area contributed by atoms with E-state index < -0.39 is 17.5 Å². The van der Waals surface area contributed by atoms with Gasteiger partial charge in [-0.1, -0.05) is 6.07 Å². The highest BCUT2D eigenvalue weighted by Gasteiger charge is 2.23. The number of amides is 2. The van der Waals surface area contributed by atoms with E-state index in [4.69, 9.17) is 4.74 Å². The Morgan fingerprint density at radius 3 is 2.45 bits per heavy atom. The summed E-state index contributed by atoms with van der Waals surface area (Å²) in [5, 5.41) is 2.55. The average Bonchev–Trinajstić information content (AvgIpc) is 2.84. The lowest BCUT2D eigenvalue weighted by atomic mass is 10.1. The lowest BCUT2D eigenvalue weighted by Crippen LogP contribution is -2.49. The molecule has 33 heavy (non-hydrogen) atoms. The van der Waals surface area contributed by atoms with Crippen LogP contribution in [0.3, 0.4) is 0 Å². The monoisotopic (exact) mass is 452 g/mol. The van der Waals surface area contributed by atoms with E-state index in [-0.39, 0.29) is 11.5 Å². The largest absolute Gasteiger partial charge is 0.497 e. The number of aromatic nitrogens is 1. The van der Waals surface area contributed by atoms with Crippen LogP contribution in [0.25, 0.3) is 0 Å². The Bertz CT molecular complexity index is 1160. The lowest BCUT2D eigenvalue weighted by molar-refractivity contribution is 0.0746. The van der Waals surface area contributed by atoms with E-state index in [2.05, 4.69) is 10.3 Å². The van der Waals surface area contributed by atoms with Crippen LogP contribution >= 0.6 is 0 Å². The van der Waals surface area contributed by atoms with Crippen molar-refractivity contribution in [3.8, 4) is 5.75 Å². The van der Waals surface area contributed by atoms with Gasteiger partial charge in [0.2, 0.25) is 0 Å². The molecule has 2 amide bonds. The predicted octanol–water partition coefficient (Wildman–Crippen LogP) is 3.58. The molecule has 1 N–H and O–H groups in total. The minimum absolute atomic E-state index is 0.0485. The topological polar surface area (TPSA) is 74.8 Å². The summed E-state index contributed by atoms with van der Waals surface area (Å²) in [7, 11) is 1.56. The Hall–Kier alpha value is -4.01. The molecular weight excluding hydrogens is 430 g/mol. The van der Waals surface area contributed by atoms with Crippen LogP contribution in [0, 0.1) is 11.6 Å². The molecule has 7 nitrogen and oxygen atoms in total. The SMILES string of the molecule is COc1cccc(C(=O)N2CCN(c3ccc(NC(=O)c4ccc(F)cc4F)cn3)CC2)c1. The van der Waals surface area contributed by atoms with Crippen molar-refractivity contribution in [3.05, 3.63) is 83.6 Å². The predicted molar refractivity (Wildman–Crippen MR) is 120 cm³/mol. The van der Waals surface area contributed by atoms with Crippen molar-refractivity contribution in [2.24, 2.45) is 0 Å². The number of piperazine rings is 1. The van der Waals surface area contributed by atoms with Crippen LogP contribution < -0.4 is 15.0 Å². The molecule has 4 rings (SSSR count). The van der Waals surface area contributed by atoms with Crippen LogP contribution in [-0.2, 0) is 0 Å². The molecule has 1 aromatic heterocycles. The highest BCUT2D eigenvalue weighted by atomic mass is 19.1. The molecule has 9 heteroatoms. The van der Waals surface area contributed by atoms with Gasteiger partial charge in [0.05, 0.1) is 24.6 Å². The molecule has 2 aromatic carbocycles. The van der Waals surface area contributed by atoms with Crippen LogP contribution in [0.15, 0.2) is 60.8 Å². The van der Waals surface area contributed by atoms with E-state index in [9.17, 15) is 18.4 Å². The molecule has 170 valence electrons. The van der Waals surface area contributed by atoms with Gasteiger partial charge in [0, 0.05) is 37.8 Å². The second-order valence-electron chi connectivity index (χ2n) is 7.49. The molecule has 0 atom stereocenters. The summed E-state index contributed by atoms with van der Waals surface area (Å²) in [4.78, 5) is 33.2. The van der Waals surface area contributed by atoms with E-state index >= 15 is 0 Å². The molecule has 1 aliphatic heterocycles. The summed E-state index contributed by atoms with van der Waals surface area (Å²) in [6, 6.07) is 13.3. The molecule has 0 spiro atoms. The second kappa shape index (κ2) is 9.64. The Labute approximate surface area is 189 Å². The summed E-state index contributed by atoms with van der Waals surface area (Å²) in [6.07, 6.45) is 1.47. The number of nitrogens with one attached hydrogen (secondary N) is 1. The molecule has 0 bridgehead atoms. The van der Waals surface area contributed by atoms with E-state index in [1.807, 2.05) is 4.90 Å². The van der Waals surface area contributed by atoms with E-state index in [0.717, 1.165) is 12.1 Å². The van der Waals surface area contributed by atoms with Gasteiger partial charge in [-0.2, -0.15) is 0 Å². The normalized spacial score (nSPS) is 13.5. The number of ether oxygens (including phenoxy) is 1. The van der Waals surface area contributed by atoms with Crippen molar-refractivity contribution in [2.75, 3.05) is 43.5 Å². The first-order valence-corrected chi connectivity index (χ1v) is 10.4. The number of halogens is 2. The average molecular weight is 452 g/mol. The van der Waals surface area contributed by atoms with Gasteiger partial charge in [0.15, 0.2) is 0 Å². The number of nitrogens with zero attached hydrogens (tertiary/aromatic N) is 3. The summed E-state index contributed by atoms with van der Waals surface area (Å²) < 4.78 is 32.0. The van der Waals surface area contributed by atoms with Gasteiger partial charge in [0.1, 0.15) is 23.2 Å². The maximum atomic E-state index is 13.8. The molecule has 1 aliphatic rings. The summed E-state index contributed by atoms with van der Waals surface area (Å²) >= 11 is 0. The fourth-order valence-corrected chi connectivity index (χ4v) is 3.60. The van der Waals surface area contributed by atoms with Gasteiger partial charge in [-0.25, -0.2) is 13.8 Å². The molecular formula is C24H22F2N4O3. The van der Waals surface area contributed by atoms with Crippen molar-refractivity contribution in [2.45, 2.75) is 0 Å². The van der Waals surface area contributed by atoms with Crippen molar-refractivity contribution in [1.29, 1.82) is 0 Å². The van der Waals surface area contributed by atoms with Crippen LogP contribution in [-0.4, -0.2) is 55.0 Å². The van der Waals surface area contributed by atoms with E-state index in [1.54, 1.807) is 48.4 Å². The third kappa shape index (κ3) is 5.08. The number of rotatable bonds is 5. The first-order chi connectivity index (χ1) is 15.9. The summed E-state index contributed by atoms with van der Waals surface area (Å²) in [6.45, 7) is 2.30. The number of carbonyl (C=O) groups excluding carboxylic acids is 2. The van der Waals surface area contributed by atoms with Crippen molar-refractivity contribution < 1.29 is 23.1 Å². The molecule has 2 heterocycles. The second-order valence-corrected chi connectivity index (χ2v) is 7.49. The van der Waals surface area contributed by atoms with Crippen LogP contribution in [0.1, 0.15) is 20.7 Å². The molecule has 0 saturated carbocycles. The third-order valence-corrected chi connectivity index (χ3v) is 5.39. The Balaban J connectivity index is 1.34. The molecule has 1 saturated heterocycles. The number of pyridine rings is 1. The molecule has 0 aliphatic carbocycles. The van der Waals surface area contributed by atoms with Gasteiger partial charge in [-0.15, -0.1) is 0 Å². The lowest BCUT2D eigenvalue weighted by Gasteiger charge is -2.35. The minimum Gasteiger partial charge on any atom is -0.497 e. The van der Waals surface area contributed by atoms with Gasteiger partial charge in [-0.05, 0) is 42.5 Å². The van der Waals surface area contributed by atoms with Crippen molar-refractivity contribution in [3.63, 3.8) is 0 Å². The Morgan fingerprint density at radius 2 is 1.79 bits per heavy atom. The maximum absolute atomic E-state index is 13.8. The number of carbonyl (C=O) groups is 2. The third-order valence-electron chi connectivity index (χ3n) is 5.39. The van der Waals surface area contributed by atoms with Crippen molar-refractivity contribution in [1.82, 2.24) is 9.88 Å². The number of hydrogen-bond acceptors (Lipinski definition) is 5. The smallest absolute Gasteiger partial charge is 0.258 e. The fraction of sp³-hybridized carbons (Fsp3) is 0.208. The number of benzene rings is 2. The number of anilines is 2. The zero-order valence-corrected chi connectivity index (χ0v) is 17.9. The summed E-state index contributed by atoms with van der Waals surface area (Å²) in [5.74, 6) is -1.08. The first kappa shape index (κ1) is 22.2. The Kier molecular flexibility index (Phi) is 6.48. The molecule has 0 radical (unpaired) electrons. The van der Waals surface area contributed by atoms with Gasteiger partial charge in [-0.3, -0.25) is 9.59 Å². The van der Waals surface area contributed by atoms with E-state index in [1.165, 1.54) is 6.20 Å². The van der Waals surface area contributed by atoms with Crippen LogP contribution in [0.5, 0.6) is 5.75 Å². The maximum Gasteiger partial charge on any atom is 0.258 e. The van der Waals surface area contributed by atoms with E-state index in [0.29, 0.717) is 55.1 Å². The molecule has 0 unspecified atom stereocenters. The number of hydrogen-bond donors (Lipinski definition) is 1. The quantitative estimate of drug-likeness (QED) is 0.641. The van der Waals surface area contributed by atoms with Gasteiger partial charge in [0.25, 0.3) is 11.8 Å². The van der Waals surface area contributed by atoms with Crippen molar-refractivity contribution >= 4 is 23.3 Å². The first-order valence-electron chi connectivity index (χ1n) is 10.4. The zero-order valence-electron chi connectivity index (χ0n) is 17.9.